The first-order valence-corrected chi connectivity index (χ1v) is 13.8. The summed E-state index contributed by atoms with van der Waals surface area (Å²) < 4.78 is 5.75. The molecule has 15 nitrogen and oxygen atoms in total. The zero-order chi connectivity index (χ0) is 31.2. The number of phenolic OH excluding ortho intramolecular Hbond substituents is 2. The van der Waals surface area contributed by atoms with E-state index >= 15 is 0 Å². The molecule has 2 aliphatic heterocycles. The van der Waals surface area contributed by atoms with Crippen LogP contribution < -0.4 is 5.43 Å². The zero-order valence-electron chi connectivity index (χ0n) is 22.7. The van der Waals surface area contributed by atoms with Crippen molar-refractivity contribution in [3.8, 4) is 11.5 Å². The lowest BCUT2D eigenvalue weighted by atomic mass is 9.89. The van der Waals surface area contributed by atoms with Crippen LogP contribution in [0, 0.1) is 0 Å². The van der Waals surface area contributed by atoms with Crippen molar-refractivity contribution in [3.63, 3.8) is 0 Å². The Hall–Kier alpha value is -4.32. The third-order valence-electron chi connectivity index (χ3n) is 8.54. The minimum Gasteiger partial charge on any atom is -0.508 e. The van der Waals surface area contributed by atoms with Crippen LogP contribution in [0.3, 0.4) is 0 Å². The Balaban J connectivity index is 1.57. The molecule has 0 radical (unpaired) electrons. The number of aliphatic hydroxyl groups is 6. The molecule has 0 spiro atoms. The second-order valence-corrected chi connectivity index (χ2v) is 11.0. The molecule has 0 saturated carbocycles. The lowest BCUT2D eigenvalue weighted by Crippen LogP contribution is -2.55. The average Bonchev–Trinajstić information content (AvgIpc) is 3.65. The second kappa shape index (κ2) is 10.1. The van der Waals surface area contributed by atoms with Crippen LogP contribution in [0.4, 0.5) is 0 Å². The lowest BCUT2D eigenvalue weighted by molar-refractivity contribution is -0.231. The van der Waals surface area contributed by atoms with Gasteiger partial charge in [-0.3, -0.25) is 9.59 Å². The van der Waals surface area contributed by atoms with Gasteiger partial charge in [-0.25, -0.2) is 10.4 Å². The third-order valence-corrected chi connectivity index (χ3v) is 8.54. The van der Waals surface area contributed by atoms with Crippen molar-refractivity contribution < 1.29 is 55.2 Å². The number of phenols is 2. The number of nitrogens with one attached hydrogen (secondary N) is 3. The molecule has 5 aromatic rings. The van der Waals surface area contributed by atoms with Crippen LogP contribution in [0.1, 0.15) is 32.4 Å². The molecule has 230 valence electrons. The van der Waals surface area contributed by atoms with Crippen molar-refractivity contribution in [2.45, 2.75) is 36.6 Å². The van der Waals surface area contributed by atoms with E-state index in [0.717, 1.165) is 5.01 Å². The Morgan fingerprint density at radius 2 is 1.45 bits per heavy atom. The Kier molecular flexibility index (Phi) is 6.54. The first-order chi connectivity index (χ1) is 21.1. The summed E-state index contributed by atoms with van der Waals surface area (Å²) in [7, 11) is 0. The van der Waals surface area contributed by atoms with Crippen LogP contribution in [-0.4, -0.2) is 118 Å². The number of hydrogen-bond acceptors (Lipinski definition) is 12. The van der Waals surface area contributed by atoms with E-state index < -0.39 is 68.2 Å². The van der Waals surface area contributed by atoms with Gasteiger partial charge in [0.2, 0.25) is 0 Å². The molecule has 44 heavy (non-hydrogen) atoms. The Labute approximate surface area is 246 Å². The predicted molar refractivity (Wildman–Crippen MR) is 153 cm³/mol. The number of carbonyl (C=O) groups excluding carboxylic acids is 2. The molecule has 1 fully saturated rings. The van der Waals surface area contributed by atoms with Crippen LogP contribution in [0.15, 0.2) is 30.3 Å². The molecule has 7 rings (SSSR count). The summed E-state index contributed by atoms with van der Waals surface area (Å²) in [5, 5.41) is 84.0. The van der Waals surface area contributed by atoms with Crippen LogP contribution in [0.5, 0.6) is 11.5 Å². The number of aromatic amines is 2. The highest BCUT2D eigenvalue weighted by Gasteiger charge is 2.46. The summed E-state index contributed by atoms with van der Waals surface area (Å²) in [6.45, 7) is -1.84. The predicted octanol–water partition coefficient (Wildman–Crippen LogP) is -0.665. The Morgan fingerprint density at radius 1 is 0.818 bits per heavy atom. The first-order valence-electron chi connectivity index (χ1n) is 13.8. The smallest absolute Gasteiger partial charge is 0.276 e. The van der Waals surface area contributed by atoms with Gasteiger partial charge in [0.05, 0.1) is 59.1 Å². The van der Waals surface area contributed by atoms with Crippen molar-refractivity contribution in [2.75, 3.05) is 19.8 Å². The van der Waals surface area contributed by atoms with Crippen molar-refractivity contribution in [1.82, 2.24) is 20.4 Å². The van der Waals surface area contributed by atoms with Crippen molar-refractivity contribution in [1.29, 1.82) is 0 Å². The van der Waals surface area contributed by atoms with Gasteiger partial charge in [0, 0.05) is 33.2 Å². The summed E-state index contributed by atoms with van der Waals surface area (Å²) in [4.78, 5) is 34.2. The molecule has 2 amide bonds. The molecule has 4 heterocycles. The summed E-state index contributed by atoms with van der Waals surface area (Å²) in [6.07, 6.45) is -7.79. The molecular weight excluding hydrogens is 580 g/mol. The molecule has 11 N–H and O–H groups in total. The standard InChI is InChI=1S/C29H28N4O11/c34-6-9(7-35)32-33-28(42)19-16-11-2-1-10(37)5-13(11)30-22(16)23-17(20(19)29(33)43)12-3-4-14(38)18(21(12)31-23)27-26(41)25(40)24(39)15(8-36)44-27/h1-5,9,15,24-27,30-32,34-41H,6-8H2/t15-,24-,25+,26-,27?/m1/s1. The number of ether oxygens (including phenoxy) is 1. The lowest BCUT2D eigenvalue weighted by Gasteiger charge is -2.40. The van der Waals surface area contributed by atoms with E-state index in [1.807, 2.05) is 0 Å². The number of imide groups is 1. The van der Waals surface area contributed by atoms with Gasteiger partial charge in [0.15, 0.2) is 0 Å². The fraction of sp³-hybridized carbons (Fsp3) is 0.310. The SMILES string of the molecule is O=C1c2c(c3c4ccc(O)c(C5O[C@H](CO)[C@@H](O)[C@H](O)[C@H]5O)c4[nH]c3c3[nH]c4cc(O)ccc4c23)C(=O)N1NC(CO)CO. The molecule has 15 heteroatoms. The molecule has 5 atom stereocenters. The molecular formula is C29H28N4O11. The summed E-state index contributed by atoms with van der Waals surface area (Å²) >= 11 is 0. The highest BCUT2D eigenvalue weighted by Crippen LogP contribution is 2.47. The fourth-order valence-corrected chi connectivity index (χ4v) is 6.41. The highest BCUT2D eigenvalue weighted by molar-refractivity contribution is 6.39. The quantitative estimate of drug-likeness (QED) is 0.107. The Bertz CT molecular complexity index is 2000. The normalized spacial score (nSPS) is 24.2. The summed E-state index contributed by atoms with van der Waals surface area (Å²) in [5.74, 6) is -1.94. The highest BCUT2D eigenvalue weighted by atomic mass is 16.5. The van der Waals surface area contributed by atoms with Gasteiger partial charge in [-0.15, -0.1) is 0 Å². The molecule has 0 bridgehead atoms. The van der Waals surface area contributed by atoms with Gasteiger partial charge in [0.1, 0.15) is 42.0 Å². The third kappa shape index (κ3) is 3.79. The zero-order valence-corrected chi connectivity index (χ0v) is 22.7. The van der Waals surface area contributed by atoms with Crippen LogP contribution >= 0.6 is 0 Å². The number of benzene rings is 3. The van der Waals surface area contributed by atoms with Crippen LogP contribution in [0.25, 0.3) is 43.6 Å². The van der Waals surface area contributed by atoms with Gasteiger partial charge in [-0.05, 0) is 24.3 Å². The fourth-order valence-electron chi connectivity index (χ4n) is 6.41. The maximum Gasteiger partial charge on any atom is 0.276 e. The van der Waals surface area contributed by atoms with E-state index in [0.29, 0.717) is 32.7 Å². The molecule has 3 aromatic carbocycles. The number of amides is 2. The number of hydrazine groups is 1. The van der Waals surface area contributed by atoms with Gasteiger partial charge in [0.25, 0.3) is 11.8 Å². The van der Waals surface area contributed by atoms with Gasteiger partial charge < -0.3 is 55.6 Å². The summed E-state index contributed by atoms with van der Waals surface area (Å²) in [5.41, 5.74) is 3.87. The van der Waals surface area contributed by atoms with E-state index in [2.05, 4.69) is 15.4 Å². The largest absolute Gasteiger partial charge is 0.508 e. The number of aliphatic hydroxyl groups excluding tert-OH is 6. The molecule has 0 aliphatic carbocycles. The van der Waals surface area contributed by atoms with E-state index in [1.54, 1.807) is 6.07 Å². The van der Waals surface area contributed by atoms with Gasteiger partial charge in [-0.1, -0.05) is 0 Å². The van der Waals surface area contributed by atoms with Gasteiger partial charge in [-0.2, -0.15) is 0 Å². The van der Waals surface area contributed by atoms with Crippen molar-refractivity contribution in [2.24, 2.45) is 0 Å². The minimum atomic E-state index is -1.73. The molecule has 1 saturated heterocycles. The first kappa shape index (κ1) is 28.5. The monoisotopic (exact) mass is 608 g/mol. The minimum absolute atomic E-state index is 0.0138. The number of H-pyrrole nitrogens is 2. The maximum atomic E-state index is 14.0. The number of rotatable bonds is 6. The number of aromatic hydroxyl groups is 2. The number of aromatic nitrogens is 2. The van der Waals surface area contributed by atoms with E-state index in [-0.39, 0.29) is 39.1 Å². The number of nitrogens with zero attached hydrogens (tertiary/aromatic N) is 1. The van der Waals surface area contributed by atoms with E-state index in [9.17, 15) is 50.4 Å². The molecule has 2 aromatic heterocycles. The van der Waals surface area contributed by atoms with Crippen molar-refractivity contribution in [3.05, 3.63) is 47.0 Å². The second-order valence-electron chi connectivity index (χ2n) is 11.0. The molecule has 1 unspecified atom stereocenters. The number of fused-ring (bicyclic) bond motifs is 10. The number of carbonyl (C=O) groups is 2. The molecule has 2 aliphatic rings. The maximum absolute atomic E-state index is 14.0. The Morgan fingerprint density at radius 3 is 2.11 bits per heavy atom. The van der Waals surface area contributed by atoms with Crippen LogP contribution in [-0.2, 0) is 4.74 Å². The number of hydrogen-bond donors (Lipinski definition) is 11. The van der Waals surface area contributed by atoms with E-state index in [4.69, 9.17) is 4.74 Å². The van der Waals surface area contributed by atoms with Gasteiger partial charge >= 0.3 is 0 Å². The van der Waals surface area contributed by atoms with E-state index in [1.165, 1.54) is 24.3 Å². The average molecular weight is 609 g/mol. The summed E-state index contributed by atoms with van der Waals surface area (Å²) in [6, 6.07) is 6.22. The topological polar surface area (TPSA) is 252 Å². The van der Waals surface area contributed by atoms with Crippen molar-refractivity contribution >= 4 is 55.4 Å². The van der Waals surface area contributed by atoms with Crippen LogP contribution in [0.2, 0.25) is 0 Å².